The van der Waals surface area contributed by atoms with Crippen molar-refractivity contribution < 1.29 is 4.74 Å². The van der Waals surface area contributed by atoms with E-state index in [9.17, 15) is 15.8 Å². The zero-order valence-corrected chi connectivity index (χ0v) is 18.9. The fourth-order valence-corrected chi connectivity index (χ4v) is 5.04. The van der Waals surface area contributed by atoms with Crippen LogP contribution >= 0.6 is 0 Å². The SMILES string of the molecule is CC(C)Oc1ccccc1C1C2CC(C(C)(C)C)CC=C2C(C#N)=C(N)C1(C#N)C#N. The van der Waals surface area contributed by atoms with Gasteiger partial charge in [-0.15, -0.1) is 0 Å². The normalized spacial score (nSPS) is 25.0. The molecule has 5 nitrogen and oxygen atoms in total. The summed E-state index contributed by atoms with van der Waals surface area (Å²) in [7, 11) is 0. The van der Waals surface area contributed by atoms with Crippen molar-refractivity contribution in [2.45, 2.75) is 59.5 Å². The number of ether oxygens (including phenoxy) is 1. The number of nitrogens with zero attached hydrogens (tertiary/aromatic N) is 3. The second kappa shape index (κ2) is 8.13. The second-order valence-electron chi connectivity index (χ2n) is 9.91. The summed E-state index contributed by atoms with van der Waals surface area (Å²) in [6, 6.07) is 14.2. The smallest absolute Gasteiger partial charge is 0.191 e. The van der Waals surface area contributed by atoms with Gasteiger partial charge in [-0.2, -0.15) is 15.8 Å². The highest BCUT2D eigenvalue weighted by Gasteiger charge is 2.55. The summed E-state index contributed by atoms with van der Waals surface area (Å²) in [4.78, 5) is 0. The van der Waals surface area contributed by atoms with Crippen molar-refractivity contribution in [1.29, 1.82) is 15.8 Å². The van der Waals surface area contributed by atoms with Gasteiger partial charge in [0, 0.05) is 11.5 Å². The Labute approximate surface area is 185 Å². The van der Waals surface area contributed by atoms with E-state index >= 15 is 0 Å². The number of fused-ring (bicyclic) bond motifs is 1. The lowest BCUT2D eigenvalue weighted by atomic mass is 9.54. The van der Waals surface area contributed by atoms with Crippen LogP contribution in [0.15, 0.2) is 47.2 Å². The number of allylic oxidation sites excluding steroid dienone is 4. The first-order valence-corrected chi connectivity index (χ1v) is 10.8. The molecular weight excluding hydrogens is 384 g/mol. The first-order chi connectivity index (χ1) is 14.6. The third-order valence-electron chi connectivity index (χ3n) is 6.72. The van der Waals surface area contributed by atoms with Crippen molar-refractivity contribution in [3.63, 3.8) is 0 Å². The van der Waals surface area contributed by atoms with Gasteiger partial charge in [-0.25, -0.2) is 0 Å². The molecule has 3 rings (SSSR count). The molecule has 2 aliphatic carbocycles. The molecule has 5 heteroatoms. The predicted octanol–water partition coefficient (Wildman–Crippen LogP) is 5.34. The number of rotatable bonds is 3. The zero-order chi connectivity index (χ0) is 23.0. The largest absolute Gasteiger partial charge is 0.491 e. The zero-order valence-electron chi connectivity index (χ0n) is 18.9. The van der Waals surface area contributed by atoms with E-state index in [4.69, 9.17) is 10.5 Å². The Balaban J connectivity index is 2.32. The molecule has 0 fully saturated rings. The Morgan fingerprint density at radius 2 is 1.77 bits per heavy atom. The minimum Gasteiger partial charge on any atom is -0.491 e. The molecular formula is C26H30N4O. The molecule has 0 heterocycles. The van der Waals surface area contributed by atoms with Gasteiger partial charge in [0.25, 0.3) is 0 Å². The van der Waals surface area contributed by atoms with Crippen molar-refractivity contribution in [3.8, 4) is 24.0 Å². The molecule has 2 N–H and O–H groups in total. The van der Waals surface area contributed by atoms with Gasteiger partial charge in [0.05, 0.1) is 29.5 Å². The van der Waals surface area contributed by atoms with Crippen LogP contribution in [0.1, 0.15) is 58.9 Å². The van der Waals surface area contributed by atoms with E-state index in [1.807, 2.05) is 38.1 Å². The fourth-order valence-electron chi connectivity index (χ4n) is 5.04. The van der Waals surface area contributed by atoms with Crippen molar-refractivity contribution in [1.82, 2.24) is 0 Å². The molecule has 0 aliphatic heterocycles. The molecule has 0 amide bonds. The van der Waals surface area contributed by atoms with E-state index in [1.54, 1.807) is 0 Å². The van der Waals surface area contributed by atoms with Crippen LogP contribution in [0.25, 0.3) is 0 Å². The summed E-state index contributed by atoms with van der Waals surface area (Å²) in [5, 5.41) is 30.5. The monoisotopic (exact) mass is 414 g/mol. The second-order valence-corrected chi connectivity index (χ2v) is 9.91. The van der Waals surface area contributed by atoms with Gasteiger partial charge in [-0.1, -0.05) is 45.0 Å². The fraction of sp³-hybridized carbons (Fsp3) is 0.500. The Kier molecular flexibility index (Phi) is 5.89. The Morgan fingerprint density at radius 3 is 2.32 bits per heavy atom. The molecule has 31 heavy (non-hydrogen) atoms. The topological polar surface area (TPSA) is 107 Å². The van der Waals surface area contributed by atoms with Crippen molar-refractivity contribution in [2.24, 2.45) is 28.4 Å². The van der Waals surface area contributed by atoms with Crippen molar-refractivity contribution in [2.75, 3.05) is 0 Å². The van der Waals surface area contributed by atoms with E-state index in [2.05, 4.69) is 45.1 Å². The third-order valence-corrected chi connectivity index (χ3v) is 6.72. The van der Waals surface area contributed by atoms with E-state index < -0.39 is 11.3 Å². The molecule has 3 atom stereocenters. The number of hydrogen-bond donors (Lipinski definition) is 1. The first-order valence-electron chi connectivity index (χ1n) is 10.8. The van der Waals surface area contributed by atoms with Crippen LogP contribution in [0.5, 0.6) is 5.75 Å². The molecule has 0 bridgehead atoms. The lowest BCUT2D eigenvalue weighted by Crippen LogP contribution is -2.44. The Hall–Kier alpha value is -3.23. The van der Waals surface area contributed by atoms with Gasteiger partial charge in [-0.05, 0) is 55.6 Å². The van der Waals surface area contributed by atoms with Gasteiger partial charge in [-0.3, -0.25) is 0 Å². The quantitative estimate of drug-likeness (QED) is 0.718. The molecule has 0 saturated heterocycles. The van der Waals surface area contributed by atoms with Crippen LogP contribution in [0.3, 0.4) is 0 Å². The average molecular weight is 415 g/mol. The molecule has 3 unspecified atom stereocenters. The van der Waals surface area contributed by atoms with Crippen molar-refractivity contribution in [3.05, 3.63) is 52.7 Å². The van der Waals surface area contributed by atoms with Gasteiger partial charge >= 0.3 is 0 Å². The van der Waals surface area contributed by atoms with Crippen LogP contribution in [0, 0.1) is 56.7 Å². The summed E-state index contributed by atoms with van der Waals surface area (Å²) < 4.78 is 6.08. The number of para-hydroxylation sites is 1. The van der Waals surface area contributed by atoms with Crippen LogP contribution in [-0.4, -0.2) is 6.10 Å². The summed E-state index contributed by atoms with van der Waals surface area (Å²) in [5.74, 6) is 0.321. The third kappa shape index (κ3) is 3.68. The van der Waals surface area contributed by atoms with Gasteiger partial charge in [0.2, 0.25) is 0 Å². The van der Waals surface area contributed by atoms with Crippen LogP contribution in [0.2, 0.25) is 0 Å². The predicted molar refractivity (Wildman–Crippen MR) is 119 cm³/mol. The van der Waals surface area contributed by atoms with E-state index in [0.717, 1.165) is 24.0 Å². The van der Waals surface area contributed by atoms with Gasteiger partial charge in [0.15, 0.2) is 5.41 Å². The summed E-state index contributed by atoms with van der Waals surface area (Å²) in [6.45, 7) is 10.5. The number of hydrogen-bond acceptors (Lipinski definition) is 5. The molecule has 2 aliphatic rings. The molecule has 160 valence electrons. The Morgan fingerprint density at radius 1 is 1.13 bits per heavy atom. The molecule has 1 aromatic carbocycles. The summed E-state index contributed by atoms with van der Waals surface area (Å²) >= 11 is 0. The average Bonchev–Trinajstić information content (AvgIpc) is 2.72. The highest BCUT2D eigenvalue weighted by Crippen LogP contribution is 2.59. The molecule has 0 saturated carbocycles. The van der Waals surface area contributed by atoms with E-state index in [-0.39, 0.29) is 23.1 Å². The van der Waals surface area contributed by atoms with E-state index in [0.29, 0.717) is 17.2 Å². The van der Waals surface area contributed by atoms with Gasteiger partial charge < -0.3 is 10.5 Å². The van der Waals surface area contributed by atoms with Crippen LogP contribution in [-0.2, 0) is 0 Å². The minimum atomic E-state index is -1.64. The van der Waals surface area contributed by atoms with E-state index in [1.165, 1.54) is 0 Å². The summed E-state index contributed by atoms with van der Waals surface area (Å²) in [6.07, 6.45) is 3.67. The molecule has 0 radical (unpaired) electrons. The maximum absolute atomic E-state index is 10.3. The number of benzene rings is 1. The van der Waals surface area contributed by atoms with Crippen LogP contribution < -0.4 is 10.5 Å². The highest BCUT2D eigenvalue weighted by atomic mass is 16.5. The van der Waals surface area contributed by atoms with Gasteiger partial charge in [0.1, 0.15) is 11.8 Å². The lowest BCUT2D eigenvalue weighted by molar-refractivity contribution is 0.167. The first kappa shape index (κ1) is 22.5. The minimum absolute atomic E-state index is 0.0565. The Bertz CT molecular complexity index is 1040. The molecule has 0 aromatic heterocycles. The van der Waals surface area contributed by atoms with Crippen molar-refractivity contribution >= 4 is 0 Å². The van der Waals surface area contributed by atoms with Crippen LogP contribution in [0.4, 0.5) is 0 Å². The lowest BCUT2D eigenvalue weighted by Gasteiger charge is -2.47. The maximum Gasteiger partial charge on any atom is 0.191 e. The number of nitriles is 3. The number of nitrogens with two attached hydrogens (primary N) is 1. The highest BCUT2D eigenvalue weighted by molar-refractivity contribution is 5.60. The maximum atomic E-state index is 10.3. The molecule has 1 aromatic rings. The molecule has 0 spiro atoms. The standard InChI is InChI=1S/C26H30N4O/c1-16(2)31-22-9-7-6-8-19(22)23-20-12-17(25(3,4)5)10-11-18(20)21(13-27)24(30)26(23,14-28)15-29/h6-9,11,16-17,20,23H,10,12,30H2,1-5H3. The summed E-state index contributed by atoms with van der Waals surface area (Å²) in [5.41, 5.74) is 6.86.